The van der Waals surface area contributed by atoms with Crippen LogP contribution in [0.1, 0.15) is 17.0 Å². The first-order valence-electron chi connectivity index (χ1n) is 6.50. The molecular formula is C16H17N3. The molecule has 0 amide bonds. The van der Waals surface area contributed by atoms with Crippen molar-refractivity contribution in [1.29, 1.82) is 0 Å². The predicted molar refractivity (Wildman–Crippen MR) is 79.1 cm³/mol. The van der Waals surface area contributed by atoms with Crippen LogP contribution in [0.4, 0.5) is 5.69 Å². The van der Waals surface area contributed by atoms with Crippen LogP contribution in [-0.4, -0.2) is 9.97 Å². The predicted octanol–water partition coefficient (Wildman–Crippen LogP) is 3.24. The second kappa shape index (κ2) is 4.76. The summed E-state index contributed by atoms with van der Waals surface area (Å²) >= 11 is 0. The monoisotopic (exact) mass is 251 g/mol. The minimum Gasteiger partial charge on any atom is -0.399 e. The minimum atomic E-state index is 0.765. The normalized spacial score (nSPS) is 11.0. The summed E-state index contributed by atoms with van der Waals surface area (Å²) in [6, 6.07) is 14.4. The maximum absolute atomic E-state index is 5.76. The highest BCUT2D eigenvalue weighted by Gasteiger charge is 2.03. The molecule has 1 heterocycles. The van der Waals surface area contributed by atoms with Crippen LogP contribution in [0, 0.1) is 6.92 Å². The van der Waals surface area contributed by atoms with E-state index in [0.717, 1.165) is 35.4 Å². The molecule has 3 N–H and O–H groups in total. The quantitative estimate of drug-likeness (QED) is 0.702. The first-order chi connectivity index (χ1) is 9.20. The number of nitrogens with zero attached hydrogens (tertiary/aromatic N) is 1. The number of imidazole rings is 1. The second-order valence-corrected chi connectivity index (χ2v) is 4.95. The Morgan fingerprint density at radius 1 is 1.05 bits per heavy atom. The van der Waals surface area contributed by atoms with Crippen molar-refractivity contribution >= 4 is 16.7 Å². The second-order valence-electron chi connectivity index (χ2n) is 4.95. The number of nitrogen functional groups attached to an aromatic ring is 1. The fourth-order valence-corrected chi connectivity index (χ4v) is 2.22. The van der Waals surface area contributed by atoms with Gasteiger partial charge in [-0.15, -0.1) is 0 Å². The summed E-state index contributed by atoms with van der Waals surface area (Å²) in [4.78, 5) is 7.90. The van der Waals surface area contributed by atoms with E-state index in [1.165, 1.54) is 11.1 Å². The zero-order chi connectivity index (χ0) is 13.2. The summed E-state index contributed by atoms with van der Waals surface area (Å²) in [5, 5.41) is 0. The highest BCUT2D eigenvalue weighted by atomic mass is 14.9. The van der Waals surface area contributed by atoms with Gasteiger partial charge in [0.2, 0.25) is 0 Å². The summed E-state index contributed by atoms with van der Waals surface area (Å²) in [6.07, 6.45) is 1.91. The highest BCUT2D eigenvalue weighted by molar-refractivity contribution is 5.78. The van der Waals surface area contributed by atoms with E-state index in [2.05, 4.69) is 41.2 Å². The van der Waals surface area contributed by atoms with E-state index in [-0.39, 0.29) is 0 Å². The van der Waals surface area contributed by atoms with Gasteiger partial charge in [0, 0.05) is 12.1 Å². The average molecular weight is 251 g/mol. The summed E-state index contributed by atoms with van der Waals surface area (Å²) in [6.45, 7) is 2.10. The van der Waals surface area contributed by atoms with Gasteiger partial charge in [-0.25, -0.2) is 4.98 Å². The largest absolute Gasteiger partial charge is 0.399 e. The van der Waals surface area contributed by atoms with Crippen molar-refractivity contribution in [3.63, 3.8) is 0 Å². The third kappa shape index (κ3) is 2.60. The molecular weight excluding hydrogens is 234 g/mol. The number of hydrogen-bond acceptors (Lipinski definition) is 2. The van der Waals surface area contributed by atoms with Crippen LogP contribution in [0.15, 0.2) is 42.5 Å². The molecule has 1 aromatic heterocycles. The Morgan fingerprint density at radius 2 is 1.84 bits per heavy atom. The number of rotatable bonds is 3. The third-order valence-corrected chi connectivity index (χ3v) is 3.33. The molecule has 0 saturated heterocycles. The average Bonchev–Trinajstić information content (AvgIpc) is 2.80. The number of benzene rings is 2. The zero-order valence-corrected chi connectivity index (χ0v) is 11.0. The Hall–Kier alpha value is -2.29. The first-order valence-corrected chi connectivity index (χ1v) is 6.50. The number of aromatic amines is 1. The number of aryl methyl sites for hydroxylation is 3. The molecule has 0 atom stereocenters. The number of nitrogens with two attached hydrogens (primary N) is 1. The SMILES string of the molecule is Cc1ccc(CCc2nc3ccc(N)cc3[nH]2)cc1. The van der Waals surface area contributed by atoms with Crippen molar-refractivity contribution < 1.29 is 0 Å². The van der Waals surface area contributed by atoms with Gasteiger partial charge in [-0.3, -0.25) is 0 Å². The van der Waals surface area contributed by atoms with Crippen molar-refractivity contribution in [2.75, 3.05) is 5.73 Å². The van der Waals surface area contributed by atoms with E-state index < -0.39 is 0 Å². The van der Waals surface area contributed by atoms with Crippen LogP contribution in [-0.2, 0) is 12.8 Å². The fraction of sp³-hybridized carbons (Fsp3) is 0.188. The van der Waals surface area contributed by atoms with Crippen LogP contribution >= 0.6 is 0 Å². The zero-order valence-electron chi connectivity index (χ0n) is 11.0. The van der Waals surface area contributed by atoms with Gasteiger partial charge in [-0.1, -0.05) is 29.8 Å². The lowest BCUT2D eigenvalue weighted by atomic mass is 10.1. The molecule has 3 heteroatoms. The van der Waals surface area contributed by atoms with Gasteiger partial charge >= 0.3 is 0 Å². The van der Waals surface area contributed by atoms with Crippen LogP contribution in [0.5, 0.6) is 0 Å². The van der Waals surface area contributed by atoms with Crippen molar-refractivity contribution in [2.24, 2.45) is 0 Å². The maximum atomic E-state index is 5.76. The lowest BCUT2D eigenvalue weighted by molar-refractivity contribution is 0.889. The molecule has 0 aliphatic carbocycles. The van der Waals surface area contributed by atoms with Gasteiger partial charge in [-0.05, 0) is 37.1 Å². The number of H-pyrrole nitrogens is 1. The van der Waals surface area contributed by atoms with Crippen LogP contribution in [0.25, 0.3) is 11.0 Å². The molecule has 0 aliphatic rings. The van der Waals surface area contributed by atoms with Gasteiger partial charge in [0.25, 0.3) is 0 Å². The van der Waals surface area contributed by atoms with Gasteiger partial charge in [0.1, 0.15) is 5.82 Å². The Labute approximate surface area is 112 Å². The molecule has 19 heavy (non-hydrogen) atoms. The van der Waals surface area contributed by atoms with E-state index in [1.807, 2.05) is 18.2 Å². The van der Waals surface area contributed by atoms with Crippen LogP contribution in [0.2, 0.25) is 0 Å². The summed E-state index contributed by atoms with van der Waals surface area (Å²) in [5.74, 6) is 1.01. The van der Waals surface area contributed by atoms with Crippen molar-refractivity contribution in [1.82, 2.24) is 9.97 Å². The van der Waals surface area contributed by atoms with Crippen LogP contribution < -0.4 is 5.73 Å². The Balaban J connectivity index is 1.76. The Kier molecular flexibility index (Phi) is 2.95. The maximum Gasteiger partial charge on any atom is 0.107 e. The molecule has 0 spiro atoms. The molecule has 3 nitrogen and oxygen atoms in total. The van der Waals surface area contributed by atoms with E-state index >= 15 is 0 Å². The van der Waals surface area contributed by atoms with Gasteiger partial charge in [0.15, 0.2) is 0 Å². The topological polar surface area (TPSA) is 54.7 Å². The summed E-state index contributed by atoms with van der Waals surface area (Å²) < 4.78 is 0. The summed E-state index contributed by atoms with van der Waals surface area (Å²) in [5.41, 5.74) is 11.2. The van der Waals surface area contributed by atoms with Gasteiger partial charge in [0.05, 0.1) is 11.0 Å². The van der Waals surface area contributed by atoms with Crippen molar-refractivity contribution in [3.8, 4) is 0 Å². The van der Waals surface area contributed by atoms with Crippen molar-refractivity contribution in [2.45, 2.75) is 19.8 Å². The number of anilines is 1. The van der Waals surface area contributed by atoms with Gasteiger partial charge in [-0.2, -0.15) is 0 Å². The lowest BCUT2D eigenvalue weighted by Gasteiger charge is -1.99. The first kappa shape index (κ1) is 11.8. The van der Waals surface area contributed by atoms with E-state index in [4.69, 9.17) is 5.73 Å². The standard InChI is InChI=1S/C16H17N3/c1-11-2-4-12(5-3-11)6-9-16-18-14-8-7-13(17)10-15(14)19-16/h2-5,7-8,10H,6,9,17H2,1H3,(H,18,19). The molecule has 3 rings (SSSR count). The Bertz CT molecular complexity index is 696. The van der Waals surface area contributed by atoms with E-state index in [1.54, 1.807) is 0 Å². The van der Waals surface area contributed by atoms with Crippen molar-refractivity contribution in [3.05, 3.63) is 59.4 Å². The molecule has 0 unspecified atom stereocenters. The minimum absolute atomic E-state index is 0.765. The molecule has 0 radical (unpaired) electrons. The van der Waals surface area contributed by atoms with E-state index in [0.29, 0.717) is 0 Å². The Morgan fingerprint density at radius 3 is 2.63 bits per heavy atom. The fourth-order valence-electron chi connectivity index (χ4n) is 2.22. The number of fused-ring (bicyclic) bond motifs is 1. The summed E-state index contributed by atoms with van der Waals surface area (Å²) in [7, 11) is 0. The van der Waals surface area contributed by atoms with Gasteiger partial charge < -0.3 is 10.7 Å². The molecule has 0 fully saturated rings. The number of aromatic nitrogens is 2. The molecule has 0 aliphatic heterocycles. The smallest absolute Gasteiger partial charge is 0.107 e. The third-order valence-electron chi connectivity index (χ3n) is 3.33. The van der Waals surface area contributed by atoms with Crippen LogP contribution in [0.3, 0.4) is 0 Å². The molecule has 2 aromatic carbocycles. The van der Waals surface area contributed by atoms with E-state index in [9.17, 15) is 0 Å². The number of nitrogens with one attached hydrogen (secondary N) is 1. The molecule has 96 valence electrons. The molecule has 0 bridgehead atoms. The highest BCUT2D eigenvalue weighted by Crippen LogP contribution is 2.16. The molecule has 3 aromatic rings. The molecule has 0 saturated carbocycles. The lowest BCUT2D eigenvalue weighted by Crippen LogP contribution is -1.93. The number of hydrogen-bond donors (Lipinski definition) is 2.